The Hall–Kier alpha value is -0.500. The van der Waals surface area contributed by atoms with E-state index >= 15 is 0 Å². The number of aliphatic hydroxyl groups is 1. The van der Waals surface area contributed by atoms with Crippen LogP contribution < -0.4 is 0 Å². The van der Waals surface area contributed by atoms with E-state index in [0.29, 0.717) is 0 Å². The van der Waals surface area contributed by atoms with Crippen molar-refractivity contribution < 1.29 is 17.9 Å². The van der Waals surface area contributed by atoms with Gasteiger partial charge in [-0.15, -0.1) is 0 Å². The zero-order chi connectivity index (χ0) is 14.2. The normalized spacial score (nSPS) is 24.8. The minimum atomic E-state index is -3.76. The van der Waals surface area contributed by atoms with Crippen LogP contribution >= 0.6 is 15.9 Å². The van der Waals surface area contributed by atoms with Gasteiger partial charge in [-0.2, -0.15) is 4.31 Å². The van der Waals surface area contributed by atoms with Gasteiger partial charge in [-0.05, 0) is 37.1 Å². The van der Waals surface area contributed by atoms with Crippen molar-refractivity contribution in [3.8, 4) is 0 Å². The van der Waals surface area contributed by atoms with E-state index in [0.717, 1.165) is 14.3 Å². The van der Waals surface area contributed by atoms with Crippen LogP contribution in [0.15, 0.2) is 27.6 Å². The van der Waals surface area contributed by atoms with E-state index in [9.17, 15) is 17.9 Å². The highest BCUT2D eigenvalue weighted by molar-refractivity contribution is 9.10. The molecule has 0 amide bonds. The molecule has 1 saturated heterocycles. The fourth-order valence-corrected chi connectivity index (χ4v) is 4.19. The first-order valence-corrected chi connectivity index (χ1v) is 8.12. The summed E-state index contributed by atoms with van der Waals surface area (Å²) in [6.07, 6.45) is -1.17. The number of alkyl halides is 1. The van der Waals surface area contributed by atoms with Gasteiger partial charge in [0.2, 0.25) is 10.0 Å². The molecule has 19 heavy (non-hydrogen) atoms. The zero-order valence-electron chi connectivity index (χ0n) is 10.4. The van der Waals surface area contributed by atoms with E-state index < -0.39 is 22.2 Å². The number of aryl methyl sites for hydroxylation is 1. The average molecular weight is 352 g/mol. The van der Waals surface area contributed by atoms with Crippen LogP contribution in [0.1, 0.15) is 12.0 Å². The molecule has 2 rings (SSSR count). The predicted molar refractivity (Wildman–Crippen MR) is 73.2 cm³/mol. The molecule has 1 fully saturated rings. The minimum absolute atomic E-state index is 0.0469. The molecule has 1 aromatic carbocycles. The molecule has 0 saturated carbocycles. The van der Waals surface area contributed by atoms with Crippen molar-refractivity contribution in [2.75, 3.05) is 13.2 Å². The molecule has 7 heteroatoms. The summed E-state index contributed by atoms with van der Waals surface area (Å²) in [5, 5.41) is 9.18. The van der Waals surface area contributed by atoms with Crippen molar-refractivity contribution in [1.82, 2.24) is 4.31 Å². The maximum absolute atomic E-state index is 13.4. The Balaban J connectivity index is 2.39. The Kier molecular flexibility index (Phi) is 4.29. The molecule has 1 heterocycles. The van der Waals surface area contributed by atoms with Gasteiger partial charge < -0.3 is 5.11 Å². The van der Waals surface area contributed by atoms with Crippen molar-refractivity contribution >= 4 is 26.0 Å². The first kappa shape index (κ1) is 14.9. The fraction of sp³-hybridized carbons (Fsp3) is 0.500. The van der Waals surface area contributed by atoms with Crippen molar-refractivity contribution in [2.45, 2.75) is 30.5 Å². The van der Waals surface area contributed by atoms with Crippen LogP contribution in [0.5, 0.6) is 0 Å². The molecule has 1 aromatic rings. The number of aliphatic hydroxyl groups excluding tert-OH is 1. The van der Waals surface area contributed by atoms with Gasteiger partial charge in [0.1, 0.15) is 6.17 Å². The smallest absolute Gasteiger partial charge is 0.243 e. The third-order valence-electron chi connectivity index (χ3n) is 3.26. The maximum atomic E-state index is 13.4. The highest BCUT2D eigenvalue weighted by atomic mass is 79.9. The highest BCUT2D eigenvalue weighted by Crippen LogP contribution is 2.29. The van der Waals surface area contributed by atoms with E-state index in [2.05, 4.69) is 15.9 Å². The van der Waals surface area contributed by atoms with E-state index in [1.54, 1.807) is 19.1 Å². The molecule has 0 bridgehead atoms. The summed E-state index contributed by atoms with van der Waals surface area (Å²) < 4.78 is 40.1. The summed E-state index contributed by atoms with van der Waals surface area (Å²) in [6, 6.07) is 3.99. The summed E-state index contributed by atoms with van der Waals surface area (Å²) in [4.78, 5) is 0.126. The van der Waals surface area contributed by atoms with E-state index in [1.165, 1.54) is 6.07 Å². The second-order valence-electron chi connectivity index (χ2n) is 4.66. The van der Waals surface area contributed by atoms with Crippen LogP contribution in [0.4, 0.5) is 4.39 Å². The maximum Gasteiger partial charge on any atom is 0.243 e. The van der Waals surface area contributed by atoms with Gasteiger partial charge in [0, 0.05) is 11.0 Å². The Morgan fingerprint density at radius 1 is 1.53 bits per heavy atom. The second-order valence-corrected chi connectivity index (χ2v) is 7.40. The van der Waals surface area contributed by atoms with Gasteiger partial charge in [-0.25, -0.2) is 12.8 Å². The second kappa shape index (κ2) is 5.47. The summed E-state index contributed by atoms with van der Waals surface area (Å²) in [5.74, 6) is 0. The van der Waals surface area contributed by atoms with Gasteiger partial charge >= 0.3 is 0 Å². The first-order valence-electron chi connectivity index (χ1n) is 5.89. The van der Waals surface area contributed by atoms with Crippen LogP contribution in [-0.2, 0) is 10.0 Å². The lowest BCUT2D eigenvalue weighted by Crippen LogP contribution is -2.37. The monoisotopic (exact) mass is 351 g/mol. The molecule has 1 N–H and O–H groups in total. The van der Waals surface area contributed by atoms with Crippen LogP contribution in [0.3, 0.4) is 0 Å². The zero-order valence-corrected chi connectivity index (χ0v) is 12.8. The Morgan fingerprint density at radius 3 is 2.79 bits per heavy atom. The first-order chi connectivity index (χ1) is 8.86. The van der Waals surface area contributed by atoms with Gasteiger partial charge in [0.15, 0.2) is 0 Å². The third kappa shape index (κ3) is 2.84. The molecule has 4 nitrogen and oxygen atoms in total. The SMILES string of the molecule is Cc1cc(S(=O)(=O)N2C[C@@H](F)C[C@H]2CO)ccc1Br. The molecule has 0 unspecified atom stereocenters. The summed E-state index contributed by atoms with van der Waals surface area (Å²) in [7, 11) is -3.76. The Bertz CT molecular complexity index is 578. The van der Waals surface area contributed by atoms with Crippen LogP contribution in [-0.4, -0.2) is 43.2 Å². The van der Waals surface area contributed by atoms with Crippen LogP contribution in [0, 0.1) is 6.92 Å². The van der Waals surface area contributed by atoms with Crippen LogP contribution in [0.25, 0.3) is 0 Å². The molecule has 0 spiro atoms. The number of sulfonamides is 1. The van der Waals surface area contributed by atoms with Crippen molar-refractivity contribution in [3.05, 3.63) is 28.2 Å². The van der Waals surface area contributed by atoms with Crippen molar-refractivity contribution in [1.29, 1.82) is 0 Å². The summed E-state index contributed by atoms with van der Waals surface area (Å²) >= 11 is 3.31. The topological polar surface area (TPSA) is 57.6 Å². The number of benzene rings is 1. The fourth-order valence-electron chi connectivity index (χ4n) is 2.20. The van der Waals surface area contributed by atoms with Gasteiger partial charge in [0.05, 0.1) is 17.5 Å². The Morgan fingerprint density at radius 2 is 2.21 bits per heavy atom. The number of hydrogen-bond acceptors (Lipinski definition) is 3. The lowest BCUT2D eigenvalue weighted by molar-refractivity contribution is 0.213. The lowest BCUT2D eigenvalue weighted by atomic mass is 10.2. The number of halogens is 2. The lowest BCUT2D eigenvalue weighted by Gasteiger charge is -2.22. The molecule has 2 atom stereocenters. The molecule has 106 valence electrons. The van der Waals surface area contributed by atoms with Gasteiger partial charge in [0.25, 0.3) is 0 Å². The summed E-state index contributed by atoms with van der Waals surface area (Å²) in [5.41, 5.74) is 0.789. The van der Waals surface area contributed by atoms with E-state index in [4.69, 9.17) is 0 Å². The number of hydrogen-bond donors (Lipinski definition) is 1. The minimum Gasteiger partial charge on any atom is -0.395 e. The Labute approximate surface area is 120 Å². The largest absolute Gasteiger partial charge is 0.395 e. The van der Waals surface area contributed by atoms with Crippen molar-refractivity contribution in [2.24, 2.45) is 0 Å². The standard InChI is InChI=1S/C12H15BrFNO3S/c1-8-4-11(2-3-12(8)13)19(17,18)15-6-9(14)5-10(15)7-16/h2-4,9-10,16H,5-7H2,1H3/t9-,10-/m0/s1. The van der Waals surface area contributed by atoms with Gasteiger partial charge in [-0.1, -0.05) is 15.9 Å². The number of rotatable bonds is 3. The van der Waals surface area contributed by atoms with Gasteiger partial charge in [-0.3, -0.25) is 0 Å². The molecular formula is C12H15BrFNO3S. The molecular weight excluding hydrogens is 337 g/mol. The molecule has 0 aliphatic carbocycles. The molecule has 1 aliphatic heterocycles. The molecule has 0 radical (unpaired) electrons. The quantitative estimate of drug-likeness (QED) is 0.903. The van der Waals surface area contributed by atoms with Crippen molar-refractivity contribution in [3.63, 3.8) is 0 Å². The summed E-state index contributed by atoms with van der Waals surface area (Å²) in [6.45, 7) is 1.23. The predicted octanol–water partition coefficient (Wildman–Crippen LogP) is 1.85. The average Bonchev–Trinajstić information content (AvgIpc) is 2.74. The number of nitrogens with zero attached hydrogens (tertiary/aromatic N) is 1. The molecule has 1 aliphatic rings. The third-order valence-corrected chi connectivity index (χ3v) is 6.06. The van der Waals surface area contributed by atoms with Crippen LogP contribution in [0.2, 0.25) is 0 Å². The molecule has 0 aromatic heterocycles. The van der Waals surface area contributed by atoms with E-state index in [1.807, 2.05) is 0 Å². The van der Waals surface area contributed by atoms with E-state index in [-0.39, 0.29) is 24.5 Å². The highest BCUT2D eigenvalue weighted by Gasteiger charge is 2.40.